The number of hydrogen-bond acceptors (Lipinski definition) is 2. The summed E-state index contributed by atoms with van der Waals surface area (Å²) >= 11 is 0. The number of rotatable bonds is 2. The summed E-state index contributed by atoms with van der Waals surface area (Å²) in [6.07, 6.45) is 0. The number of benzene rings is 6. The van der Waals surface area contributed by atoms with E-state index in [1.807, 2.05) is 0 Å². The number of fused-ring (bicyclic) bond motifs is 6. The minimum atomic E-state index is -0.685. The zero-order valence-corrected chi connectivity index (χ0v) is 26.4. The second-order valence-corrected chi connectivity index (χ2v) is 17.1. The van der Waals surface area contributed by atoms with Crippen molar-refractivity contribution in [1.82, 2.24) is 0 Å². The normalized spacial score (nSPS) is 16.4. The van der Waals surface area contributed by atoms with Crippen LogP contribution in [0.5, 0.6) is 0 Å². The standard InChI is InChI=1S/C38H36N2P2/c1-25(2)41-35-19-11-9-17-31(35)39-32-18-10-12-20-36(32)42(26(3)4)38-24-30-16-8-6-14-28(30)22-34(38)40-33-21-27-13-5-7-15-29(27)23-37(33)41/h5-26,39-40H,1-4H3. The summed E-state index contributed by atoms with van der Waals surface area (Å²) in [5, 5.41) is 18.7. The van der Waals surface area contributed by atoms with Gasteiger partial charge in [0, 0.05) is 44.0 Å². The first-order valence-electron chi connectivity index (χ1n) is 14.8. The number of para-hydroxylation sites is 2. The van der Waals surface area contributed by atoms with Crippen LogP contribution in [-0.4, -0.2) is 11.3 Å². The highest BCUT2D eigenvalue weighted by Crippen LogP contribution is 2.49. The Labute approximate surface area is 251 Å². The highest BCUT2D eigenvalue weighted by molar-refractivity contribution is 7.74. The van der Waals surface area contributed by atoms with Crippen LogP contribution in [0.2, 0.25) is 0 Å². The maximum Gasteiger partial charge on any atom is 0.0472 e. The Kier molecular flexibility index (Phi) is 7.23. The Morgan fingerprint density at radius 2 is 0.714 bits per heavy atom. The molecule has 42 heavy (non-hydrogen) atoms. The third-order valence-electron chi connectivity index (χ3n) is 8.15. The van der Waals surface area contributed by atoms with Gasteiger partial charge in [0.2, 0.25) is 0 Å². The van der Waals surface area contributed by atoms with Gasteiger partial charge in [0.15, 0.2) is 0 Å². The highest BCUT2D eigenvalue weighted by Gasteiger charge is 2.29. The Bertz CT molecular complexity index is 1790. The lowest BCUT2D eigenvalue weighted by molar-refractivity contribution is 1.10. The number of anilines is 4. The van der Waals surface area contributed by atoms with Gasteiger partial charge in [-0.3, -0.25) is 0 Å². The summed E-state index contributed by atoms with van der Waals surface area (Å²) in [6.45, 7) is 9.50. The zero-order valence-electron chi connectivity index (χ0n) is 24.6. The van der Waals surface area contributed by atoms with Gasteiger partial charge in [0.05, 0.1) is 0 Å². The number of hydrogen-bond donors (Lipinski definition) is 2. The Hall–Kier alpha value is -3.70. The molecule has 0 spiro atoms. The van der Waals surface area contributed by atoms with Crippen molar-refractivity contribution in [2.45, 2.75) is 39.0 Å². The molecule has 7 rings (SSSR count). The molecule has 1 aliphatic rings. The first kappa shape index (κ1) is 27.2. The lowest BCUT2D eigenvalue weighted by atomic mass is 10.1. The molecule has 2 N–H and O–H groups in total. The van der Waals surface area contributed by atoms with Crippen molar-refractivity contribution in [2.75, 3.05) is 10.6 Å². The Morgan fingerprint density at radius 1 is 0.381 bits per heavy atom. The van der Waals surface area contributed by atoms with Crippen molar-refractivity contribution in [2.24, 2.45) is 0 Å². The molecule has 208 valence electrons. The molecule has 6 aromatic carbocycles. The minimum absolute atomic E-state index is 0.451. The lowest BCUT2D eigenvalue weighted by Crippen LogP contribution is -2.27. The Morgan fingerprint density at radius 3 is 1.12 bits per heavy atom. The third kappa shape index (κ3) is 4.88. The van der Waals surface area contributed by atoms with Crippen LogP contribution in [0.25, 0.3) is 21.5 Å². The first-order valence-corrected chi connectivity index (χ1v) is 17.7. The van der Waals surface area contributed by atoms with E-state index in [2.05, 4.69) is 160 Å². The van der Waals surface area contributed by atoms with Crippen LogP contribution >= 0.6 is 15.8 Å². The van der Waals surface area contributed by atoms with Crippen molar-refractivity contribution >= 4 is 81.4 Å². The van der Waals surface area contributed by atoms with E-state index in [0.29, 0.717) is 11.3 Å². The molecule has 0 amide bonds. The average molecular weight is 583 g/mol. The van der Waals surface area contributed by atoms with E-state index < -0.39 is 15.8 Å². The summed E-state index contributed by atoms with van der Waals surface area (Å²) in [6, 6.07) is 45.2. The van der Waals surface area contributed by atoms with E-state index in [1.165, 1.54) is 65.5 Å². The zero-order chi connectivity index (χ0) is 28.8. The smallest absolute Gasteiger partial charge is 0.0472 e. The fourth-order valence-corrected chi connectivity index (χ4v) is 11.6. The molecule has 0 aromatic heterocycles. The largest absolute Gasteiger partial charge is 0.354 e. The molecule has 0 aliphatic carbocycles. The fourth-order valence-electron chi connectivity index (χ4n) is 6.30. The summed E-state index contributed by atoms with van der Waals surface area (Å²) in [5.41, 5.74) is 5.75. The second kappa shape index (κ2) is 11.2. The summed E-state index contributed by atoms with van der Waals surface area (Å²) < 4.78 is 0. The highest BCUT2D eigenvalue weighted by atomic mass is 31.1. The van der Waals surface area contributed by atoms with Crippen LogP contribution in [0.15, 0.2) is 121 Å². The second-order valence-electron chi connectivity index (χ2n) is 11.6. The van der Waals surface area contributed by atoms with Crippen LogP contribution in [-0.2, 0) is 0 Å². The van der Waals surface area contributed by atoms with Gasteiger partial charge >= 0.3 is 0 Å². The molecule has 2 atom stereocenters. The van der Waals surface area contributed by atoms with Crippen LogP contribution in [0, 0.1) is 0 Å². The first-order chi connectivity index (χ1) is 20.5. The minimum Gasteiger partial charge on any atom is -0.354 e. The fraction of sp³-hybridized carbons (Fsp3) is 0.158. The van der Waals surface area contributed by atoms with Gasteiger partial charge in [0.25, 0.3) is 0 Å². The van der Waals surface area contributed by atoms with Crippen molar-refractivity contribution in [3.63, 3.8) is 0 Å². The molecular weight excluding hydrogens is 546 g/mol. The lowest BCUT2D eigenvalue weighted by Gasteiger charge is -2.32. The van der Waals surface area contributed by atoms with Gasteiger partial charge in [-0.25, -0.2) is 0 Å². The maximum absolute atomic E-state index is 4.09. The molecule has 0 radical (unpaired) electrons. The van der Waals surface area contributed by atoms with Crippen LogP contribution in [0.4, 0.5) is 22.7 Å². The van der Waals surface area contributed by atoms with Crippen LogP contribution in [0.3, 0.4) is 0 Å². The van der Waals surface area contributed by atoms with Gasteiger partial charge in [-0.1, -0.05) is 113 Å². The van der Waals surface area contributed by atoms with Crippen molar-refractivity contribution in [3.05, 3.63) is 121 Å². The summed E-state index contributed by atoms with van der Waals surface area (Å²) in [4.78, 5) is 0. The van der Waals surface area contributed by atoms with Gasteiger partial charge in [-0.15, -0.1) is 0 Å². The van der Waals surface area contributed by atoms with Gasteiger partial charge in [-0.05, 0) is 85.1 Å². The average Bonchev–Trinajstić information content (AvgIpc) is 2.98. The van der Waals surface area contributed by atoms with Crippen molar-refractivity contribution in [3.8, 4) is 0 Å². The summed E-state index contributed by atoms with van der Waals surface area (Å²) in [5.74, 6) is 0. The molecule has 6 aromatic rings. The van der Waals surface area contributed by atoms with E-state index in [9.17, 15) is 0 Å². The maximum atomic E-state index is 4.09. The molecule has 1 aliphatic heterocycles. The Balaban J connectivity index is 1.59. The number of nitrogens with one attached hydrogen (secondary N) is 2. The molecular formula is C38H36N2P2. The van der Waals surface area contributed by atoms with Crippen LogP contribution in [0.1, 0.15) is 27.7 Å². The molecule has 0 fully saturated rings. The van der Waals surface area contributed by atoms with Gasteiger partial charge < -0.3 is 10.6 Å². The van der Waals surface area contributed by atoms with E-state index in [1.54, 1.807) is 0 Å². The molecule has 0 saturated heterocycles. The third-order valence-corrected chi connectivity index (χ3v) is 13.8. The summed E-state index contributed by atoms with van der Waals surface area (Å²) in [7, 11) is -1.37. The van der Waals surface area contributed by atoms with Gasteiger partial charge in [-0.2, -0.15) is 0 Å². The van der Waals surface area contributed by atoms with E-state index >= 15 is 0 Å². The molecule has 1 heterocycles. The van der Waals surface area contributed by atoms with E-state index in [4.69, 9.17) is 0 Å². The van der Waals surface area contributed by atoms with Crippen LogP contribution < -0.4 is 31.9 Å². The van der Waals surface area contributed by atoms with E-state index in [-0.39, 0.29) is 0 Å². The molecule has 0 bridgehead atoms. The quantitative estimate of drug-likeness (QED) is 0.199. The van der Waals surface area contributed by atoms with Crippen molar-refractivity contribution in [1.29, 1.82) is 0 Å². The molecule has 0 saturated carbocycles. The SMILES string of the molecule is CC(C)P1c2ccccc2Nc2ccccc2P(C(C)C)c2cc3ccccc3cc2Nc2cc3ccccc3cc21. The molecule has 2 unspecified atom stereocenters. The topological polar surface area (TPSA) is 24.1 Å². The molecule has 4 heteroatoms. The predicted octanol–water partition coefficient (Wildman–Crippen LogP) is 9.48. The van der Waals surface area contributed by atoms with Gasteiger partial charge in [0.1, 0.15) is 0 Å². The monoisotopic (exact) mass is 582 g/mol. The predicted molar refractivity (Wildman–Crippen MR) is 190 cm³/mol. The molecule has 2 nitrogen and oxygen atoms in total. The van der Waals surface area contributed by atoms with Crippen molar-refractivity contribution < 1.29 is 0 Å². The van der Waals surface area contributed by atoms with E-state index in [0.717, 1.165) is 0 Å².